The lowest BCUT2D eigenvalue weighted by atomic mass is 10.2. The summed E-state index contributed by atoms with van der Waals surface area (Å²) in [7, 11) is 0. The zero-order valence-electron chi connectivity index (χ0n) is 13.2. The molecule has 0 bridgehead atoms. The molecule has 0 spiro atoms. The van der Waals surface area contributed by atoms with Gasteiger partial charge in [-0.05, 0) is 42.7 Å². The molecule has 5 heteroatoms. The molecule has 118 valence electrons. The topological polar surface area (TPSA) is 56.1 Å². The second-order valence-electron chi connectivity index (χ2n) is 5.58. The van der Waals surface area contributed by atoms with Gasteiger partial charge in [0.2, 0.25) is 0 Å². The molecule has 0 aliphatic heterocycles. The van der Waals surface area contributed by atoms with Gasteiger partial charge in [0, 0.05) is 37.7 Å². The molecule has 1 aromatic carbocycles. The molecule has 0 unspecified atom stereocenters. The lowest BCUT2D eigenvalue weighted by Crippen LogP contribution is -2.25. The van der Waals surface area contributed by atoms with E-state index in [1.807, 2.05) is 36.5 Å². The number of carbonyl (C=O) groups excluding carboxylic acids is 1. The van der Waals surface area contributed by atoms with Gasteiger partial charge in [0.1, 0.15) is 0 Å². The summed E-state index contributed by atoms with van der Waals surface area (Å²) in [6, 6.07) is 9.24. The average Bonchev–Trinajstić information content (AvgIpc) is 3.05. The molecule has 0 atom stereocenters. The molecule has 0 saturated heterocycles. The normalized spacial score (nSPS) is 10.9. The summed E-state index contributed by atoms with van der Waals surface area (Å²) < 4.78 is 7.24. The summed E-state index contributed by atoms with van der Waals surface area (Å²) in [5.41, 5.74) is 1.59. The number of rotatable bonds is 8. The number of nitrogens with one attached hydrogen (secondary N) is 1. The first-order chi connectivity index (χ1) is 10.7. The first-order valence-corrected chi connectivity index (χ1v) is 7.63. The lowest BCUT2D eigenvalue weighted by molar-refractivity contribution is 0.0925. The van der Waals surface area contributed by atoms with E-state index in [2.05, 4.69) is 24.3 Å². The molecule has 1 amide bonds. The highest BCUT2D eigenvalue weighted by Crippen LogP contribution is 2.08. The van der Waals surface area contributed by atoms with Gasteiger partial charge in [-0.25, -0.2) is 4.68 Å². The Kier molecular flexibility index (Phi) is 6.15. The van der Waals surface area contributed by atoms with E-state index in [0.29, 0.717) is 24.6 Å². The summed E-state index contributed by atoms with van der Waals surface area (Å²) >= 11 is 0. The molecule has 1 aromatic heterocycles. The second-order valence-corrected chi connectivity index (χ2v) is 5.58. The fourth-order valence-electron chi connectivity index (χ4n) is 1.98. The summed E-state index contributed by atoms with van der Waals surface area (Å²) in [6.07, 6.45) is 4.41. The van der Waals surface area contributed by atoms with Crippen LogP contribution in [0.5, 0.6) is 0 Å². The molecular formula is C17H23N3O2. The Bertz CT molecular complexity index is 562. The zero-order valence-corrected chi connectivity index (χ0v) is 13.2. The fourth-order valence-corrected chi connectivity index (χ4v) is 1.98. The number of aromatic nitrogens is 2. The van der Waals surface area contributed by atoms with Crippen molar-refractivity contribution in [2.24, 2.45) is 5.92 Å². The minimum atomic E-state index is -0.0594. The molecule has 22 heavy (non-hydrogen) atoms. The van der Waals surface area contributed by atoms with Crippen LogP contribution in [0.4, 0.5) is 0 Å². The highest BCUT2D eigenvalue weighted by molar-refractivity contribution is 5.94. The maximum absolute atomic E-state index is 12.0. The fraction of sp³-hybridized carbons (Fsp3) is 0.412. The van der Waals surface area contributed by atoms with Crippen LogP contribution in [0.15, 0.2) is 42.7 Å². The maximum Gasteiger partial charge on any atom is 0.251 e. The first-order valence-electron chi connectivity index (χ1n) is 7.63. The SMILES string of the molecule is CC(C)COCCCNC(=O)c1ccc(-n2cccn2)cc1. The van der Waals surface area contributed by atoms with Crippen LogP contribution in [0.25, 0.3) is 5.69 Å². The van der Waals surface area contributed by atoms with E-state index >= 15 is 0 Å². The Morgan fingerprint density at radius 3 is 2.73 bits per heavy atom. The third-order valence-corrected chi connectivity index (χ3v) is 3.10. The van der Waals surface area contributed by atoms with Crippen LogP contribution in [-0.2, 0) is 4.74 Å². The quantitative estimate of drug-likeness (QED) is 0.763. The Morgan fingerprint density at radius 1 is 1.32 bits per heavy atom. The molecule has 0 fully saturated rings. The van der Waals surface area contributed by atoms with Crippen molar-refractivity contribution < 1.29 is 9.53 Å². The van der Waals surface area contributed by atoms with Crippen molar-refractivity contribution in [3.63, 3.8) is 0 Å². The highest BCUT2D eigenvalue weighted by atomic mass is 16.5. The number of carbonyl (C=O) groups is 1. The number of hydrogen-bond acceptors (Lipinski definition) is 3. The zero-order chi connectivity index (χ0) is 15.8. The van der Waals surface area contributed by atoms with Gasteiger partial charge in [0.25, 0.3) is 5.91 Å². The van der Waals surface area contributed by atoms with E-state index in [0.717, 1.165) is 18.7 Å². The first kappa shape index (κ1) is 16.2. The average molecular weight is 301 g/mol. The van der Waals surface area contributed by atoms with Crippen LogP contribution in [0.3, 0.4) is 0 Å². The molecule has 0 aliphatic carbocycles. The van der Waals surface area contributed by atoms with Gasteiger partial charge in [-0.15, -0.1) is 0 Å². The third kappa shape index (κ3) is 5.00. The molecule has 1 heterocycles. The molecule has 1 N–H and O–H groups in total. The predicted molar refractivity (Wildman–Crippen MR) is 86.2 cm³/mol. The Balaban J connectivity index is 1.73. The lowest BCUT2D eigenvalue weighted by Gasteiger charge is -2.08. The summed E-state index contributed by atoms with van der Waals surface area (Å²) in [5.74, 6) is 0.485. The predicted octanol–water partition coefficient (Wildman–Crippen LogP) is 2.66. The number of ether oxygens (including phenoxy) is 1. The molecular weight excluding hydrogens is 278 g/mol. The highest BCUT2D eigenvalue weighted by Gasteiger charge is 2.05. The van der Waals surface area contributed by atoms with Gasteiger partial charge >= 0.3 is 0 Å². The van der Waals surface area contributed by atoms with Crippen LogP contribution in [0.2, 0.25) is 0 Å². The molecule has 5 nitrogen and oxygen atoms in total. The molecule has 2 aromatic rings. The van der Waals surface area contributed by atoms with Gasteiger partial charge in [-0.1, -0.05) is 13.8 Å². The largest absolute Gasteiger partial charge is 0.381 e. The Labute approximate surface area is 131 Å². The van der Waals surface area contributed by atoms with E-state index in [1.54, 1.807) is 10.9 Å². The number of nitrogens with zero attached hydrogens (tertiary/aromatic N) is 2. The number of hydrogen-bond donors (Lipinski definition) is 1. The maximum atomic E-state index is 12.0. The van der Waals surface area contributed by atoms with Crippen molar-refractivity contribution in [1.29, 1.82) is 0 Å². The van der Waals surface area contributed by atoms with Crippen molar-refractivity contribution in [1.82, 2.24) is 15.1 Å². The van der Waals surface area contributed by atoms with Gasteiger partial charge in [0.15, 0.2) is 0 Å². The van der Waals surface area contributed by atoms with Crippen molar-refractivity contribution in [2.75, 3.05) is 19.8 Å². The van der Waals surface area contributed by atoms with Gasteiger partial charge in [-0.3, -0.25) is 4.79 Å². The summed E-state index contributed by atoms with van der Waals surface area (Å²) in [6.45, 7) is 6.31. The third-order valence-electron chi connectivity index (χ3n) is 3.10. The number of amides is 1. The van der Waals surface area contributed by atoms with Crippen molar-refractivity contribution in [2.45, 2.75) is 20.3 Å². The minimum absolute atomic E-state index is 0.0594. The summed E-state index contributed by atoms with van der Waals surface area (Å²) in [4.78, 5) is 12.0. The van der Waals surface area contributed by atoms with E-state index < -0.39 is 0 Å². The number of benzene rings is 1. The van der Waals surface area contributed by atoms with Crippen LogP contribution in [0.1, 0.15) is 30.6 Å². The molecule has 0 radical (unpaired) electrons. The minimum Gasteiger partial charge on any atom is -0.381 e. The van der Waals surface area contributed by atoms with E-state index in [9.17, 15) is 4.79 Å². The molecule has 0 saturated carbocycles. The van der Waals surface area contributed by atoms with Crippen LogP contribution in [0, 0.1) is 5.92 Å². The van der Waals surface area contributed by atoms with Gasteiger partial charge in [-0.2, -0.15) is 5.10 Å². The molecule has 2 rings (SSSR count). The summed E-state index contributed by atoms with van der Waals surface area (Å²) in [5, 5.41) is 7.05. The van der Waals surface area contributed by atoms with Crippen molar-refractivity contribution in [3.8, 4) is 5.69 Å². The molecule has 0 aliphatic rings. The van der Waals surface area contributed by atoms with Crippen LogP contribution in [-0.4, -0.2) is 35.4 Å². The van der Waals surface area contributed by atoms with Gasteiger partial charge < -0.3 is 10.1 Å². The smallest absolute Gasteiger partial charge is 0.251 e. The Morgan fingerprint density at radius 2 is 2.09 bits per heavy atom. The standard InChI is InChI=1S/C17H23N3O2/c1-14(2)13-22-12-4-9-18-17(21)15-5-7-16(8-6-15)20-11-3-10-19-20/h3,5-8,10-11,14H,4,9,12-13H2,1-2H3,(H,18,21). The van der Waals surface area contributed by atoms with E-state index in [4.69, 9.17) is 4.74 Å². The van der Waals surface area contributed by atoms with Gasteiger partial charge in [0.05, 0.1) is 5.69 Å². The van der Waals surface area contributed by atoms with E-state index in [-0.39, 0.29) is 5.91 Å². The van der Waals surface area contributed by atoms with Crippen LogP contribution < -0.4 is 5.32 Å². The van der Waals surface area contributed by atoms with E-state index in [1.165, 1.54) is 0 Å². The van der Waals surface area contributed by atoms with Crippen molar-refractivity contribution in [3.05, 3.63) is 48.3 Å². The Hall–Kier alpha value is -2.14. The van der Waals surface area contributed by atoms with Crippen molar-refractivity contribution >= 4 is 5.91 Å². The second kappa shape index (κ2) is 8.34. The van der Waals surface area contributed by atoms with Crippen LogP contribution >= 0.6 is 0 Å². The monoisotopic (exact) mass is 301 g/mol.